The lowest BCUT2D eigenvalue weighted by Gasteiger charge is -2.18. The van der Waals surface area contributed by atoms with Crippen LogP contribution < -0.4 is 5.32 Å². The van der Waals surface area contributed by atoms with E-state index in [1.54, 1.807) is 0 Å². The van der Waals surface area contributed by atoms with Gasteiger partial charge in [-0.25, -0.2) is 0 Å². The molecule has 1 atom stereocenters. The second-order valence-electron chi connectivity index (χ2n) is 3.37. The van der Waals surface area contributed by atoms with Gasteiger partial charge in [-0.05, 0) is 27.2 Å². The van der Waals surface area contributed by atoms with Crippen molar-refractivity contribution in [2.45, 2.75) is 13.3 Å². The maximum absolute atomic E-state index is 3.91. The second-order valence-corrected chi connectivity index (χ2v) is 5.68. The van der Waals surface area contributed by atoms with Crippen LogP contribution in [0.2, 0.25) is 0 Å². The summed E-state index contributed by atoms with van der Waals surface area (Å²) >= 11 is 0. The molecule has 72 valence electrons. The second kappa shape index (κ2) is 6.45. The molecular weight excluding hydrogens is 167 g/mol. The molecule has 0 amide bonds. The van der Waals surface area contributed by atoms with Gasteiger partial charge in [-0.3, -0.25) is 0 Å². The Labute approximate surface area is 77.8 Å². The molecular formula is C9H21N2P. The minimum atomic E-state index is 0.0957. The summed E-state index contributed by atoms with van der Waals surface area (Å²) in [7, 11) is 4.33. The first-order valence-corrected chi connectivity index (χ1v) is 6.47. The lowest BCUT2D eigenvalue weighted by molar-refractivity contribution is 0.480. The topological polar surface area (TPSA) is 15.3 Å². The predicted molar refractivity (Wildman–Crippen MR) is 58.8 cm³/mol. The fourth-order valence-electron chi connectivity index (χ4n) is 0.905. The lowest BCUT2D eigenvalue weighted by Crippen LogP contribution is -2.18. The maximum atomic E-state index is 3.91. The first-order valence-electron chi connectivity index (χ1n) is 4.31. The largest absolute Gasteiger partial charge is 0.385 e. The number of hydrogen-bond donors (Lipinski definition) is 1. The highest BCUT2D eigenvalue weighted by Gasteiger charge is 2.01. The maximum Gasteiger partial charge on any atom is 0.0354 e. The fourth-order valence-corrected chi connectivity index (χ4v) is 2.46. The minimum Gasteiger partial charge on any atom is -0.385 e. The van der Waals surface area contributed by atoms with Crippen molar-refractivity contribution in [3.05, 3.63) is 12.3 Å². The smallest absolute Gasteiger partial charge is 0.0354 e. The number of rotatable bonds is 6. The summed E-state index contributed by atoms with van der Waals surface area (Å²) in [6.07, 6.45) is 3.32. The van der Waals surface area contributed by atoms with E-state index in [4.69, 9.17) is 0 Å². The Kier molecular flexibility index (Phi) is 6.41. The Morgan fingerprint density at radius 3 is 2.50 bits per heavy atom. The summed E-state index contributed by atoms with van der Waals surface area (Å²) in [5.74, 6) is 0. The van der Waals surface area contributed by atoms with Gasteiger partial charge in [0.15, 0.2) is 0 Å². The molecule has 12 heavy (non-hydrogen) atoms. The zero-order chi connectivity index (χ0) is 9.56. The zero-order valence-corrected chi connectivity index (χ0v) is 9.62. The molecule has 0 saturated carbocycles. The minimum absolute atomic E-state index is 0.0957. The summed E-state index contributed by atoms with van der Waals surface area (Å²) in [5.41, 5.74) is 1.16. The molecule has 0 aromatic rings. The van der Waals surface area contributed by atoms with E-state index in [1.807, 2.05) is 0 Å². The van der Waals surface area contributed by atoms with E-state index < -0.39 is 0 Å². The van der Waals surface area contributed by atoms with Crippen LogP contribution in [0.1, 0.15) is 13.3 Å². The SMILES string of the molecule is C=C(CC)NCP(C)CN(C)C. The molecule has 3 heteroatoms. The Hall–Kier alpha value is -0.0700. The third kappa shape index (κ3) is 6.63. The van der Waals surface area contributed by atoms with Crippen molar-refractivity contribution in [3.8, 4) is 0 Å². The van der Waals surface area contributed by atoms with Gasteiger partial charge in [0.05, 0.1) is 0 Å². The molecule has 0 aromatic heterocycles. The van der Waals surface area contributed by atoms with Crippen LogP contribution in [0.3, 0.4) is 0 Å². The molecule has 0 fully saturated rings. The van der Waals surface area contributed by atoms with Gasteiger partial charge in [0.25, 0.3) is 0 Å². The van der Waals surface area contributed by atoms with Crippen LogP contribution in [0.4, 0.5) is 0 Å². The van der Waals surface area contributed by atoms with Gasteiger partial charge in [0, 0.05) is 18.3 Å². The molecule has 0 aliphatic heterocycles. The van der Waals surface area contributed by atoms with Crippen LogP contribution in [0.5, 0.6) is 0 Å². The predicted octanol–water partition coefficient (Wildman–Crippen LogP) is 2.09. The summed E-state index contributed by atoms with van der Waals surface area (Å²) in [4.78, 5) is 2.24. The van der Waals surface area contributed by atoms with Crippen LogP contribution >= 0.6 is 7.92 Å². The van der Waals surface area contributed by atoms with Crippen LogP contribution in [0, 0.1) is 0 Å². The molecule has 2 nitrogen and oxygen atoms in total. The highest BCUT2D eigenvalue weighted by atomic mass is 31.1. The van der Waals surface area contributed by atoms with Crippen molar-refractivity contribution in [2.24, 2.45) is 0 Å². The van der Waals surface area contributed by atoms with E-state index in [9.17, 15) is 0 Å². The standard InChI is InChI=1S/C9H21N2P/c1-6-9(2)10-7-12(5)8-11(3)4/h10H,2,6-8H2,1,3-5H3. The van der Waals surface area contributed by atoms with Gasteiger partial charge in [-0.15, -0.1) is 0 Å². The van der Waals surface area contributed by atoms with E-state index in [-0.39, 0.29) is 7.92 Å². The van der Waals surface area contributed by atoms with Crippen molar-refractivity contribution in [2.75, 3.05) is 33.3 Å². The van der Waals surface area contributed by atoms with Crippen molar-refractivity contribution in [1.82, 2.24) is 10.2 Å². The molecule has 1 unspecified atom stereocenters. The van der Waals surface area contributed by atoms with Crippen molar-refractivity contribution in [3.63, 3.8) is 0 Å². The van der Waals surface area contributed by atoms with E-state index in [2.05, 4.69) is 44.5 Å². The first-order chi connectivity index (χ1) is 5.56. The first kappa shape index (κ1) is 11.9. The number of nitrogens with one attached hydrogen (secondary N) is 1. The van der Waals surface area contributed by atoms with Gasteiger partial charge in [-0.2, -0.15) is 0 Å². The van der Waals surface area contributed by atoms with Gasteiger partial charge in [0.2, 0.25) is 0 Å². The van der Waals surface area contributed by atoms with Crippen molar-refractivity contribution >= 4 is 7.92 Å². The van der Waals surface area contributed by atoms with Crippen LogP contribution in [0.15, 0.2) is 12.3 Å². The van der Waals surface area contributed by atoms with Gasteiger partial charge >= 0.3 is 0 Å². The zero-order valence-electron chi connectivity index (χ0n) is 8.72. The fraction of sp³-hybridized carbons (Fsp3) is 0.778. The molecule has 0 heterocycles. The van der Waals surface area contributed by atoms with E-state index in [0.717, 1.165) is 18.4 Å². The van der Waals surface area contributed by atoms with Crippen LogP contribution in [-0.4, -0.2) is 38.2 Å². The lowest BCUT2D eigenvalue weighted by atomic mass is 10.4. The Bertz CT molecular complexity index is 134. The summed E-state index contributed by atoms with van der Waals surface area (Å²) in [5, 5.41) is 3.35. The average Bonchev–Trinajstić information content (AvgIpc) is 1.99. The highest BCUT2D eigenvalue weighted by Crippen LogP contribution is 2.28. The molecule has 0 aliphatic carbocycles. The van der Waals surface area contributed by atoms with Crippen molar-refractivity contribution in [1.29, 1.82) is 0 Å². The van der Waals surface area contributed by atoms with Gasteiger partial charge < -0.3 is 10.2 Å². The number of allylic oxidation sites excluding steroid dienone is 1. The van der Waals surface area contributed by atoms with E-state index >= 15 is 0 Å². The molecule has 0 aromatic carbocycles. The molecule has 0 aliphatic rings. The normalized spacial score (nSPS) is 13.1. The Balaban J connectivity index is 3.43. The highest BCUT2D eigenvalue weighted by molar-refractivity contribution is 7.56. The number of nitrogens with zero attached hydrogens (tertiary/aromatic N) is 1. The van der Waals surface area contributed by atoms with E-state index in [0.29, 0.717) is 0 Å². The monoisotopic (exact) mass is 188 g/mol. The molecule has 0 bridgehead atoms. The van der Waals surface area contributed by atoms with Crippen molar-refractivity contribution < 1.29 is 0 Å². The molecule has 0 saturated heterocycles. The van der Waals surface area contributed by atoms with Crippen LogP contribution in [0.25, 0.3) is 0 Å². The molecule has 0 radical (unpaired) electrons. The Morgan fingerprint density at radius 1 is 1.50 bits per heavy atom. The van der Waals surface area contributed by atoms with E-state index in [1.165, 1.54) is 6.29 Å². The summed E-state index contributed by atoms with van der Waals surface area (Å²) in [6.45, 7) is 8.34. The average molecular weight is 188 g/mol. The Morgan fingerprint density at radius 2 is 2.08 bits per heavy atom. The van der Waals surface area contributed by atoms with Gasteiger partial charge in [0.1, 0.15) is 0 Å². The quantitative estimate of drug-likeness (QED) is 0.642. The molecule has 1 N–H and O–H groups in total. The molecule has 0 spiro atoms. The summed E-state index contributed by atoms with van der Waals surface area (Å²) < 4.78 is 0. The third-order valence-corrected chi connectivity index (χ3v) is 3.30. The van der Waals surface area contributed by atoms with Crippen LogP contribution in [-0.2, 0) is 0 Å². The molecule has 0 rings (SSSR count). The summed E-state index contributed by atoms with van der Waals surface area (Å²) in [6, 6.07) is 0. The van der Waals surface area contributed by atoms with Gasteiger partial charge in [-0.1, -0.05) is 21.4 Å². The number of hydrogen-bond acceptors (Lipinski definition) is 2. The third-order valence-electron chi connectivity index (χ3n) is 1.55.